The Labute approximate surface area is 116 Å². The number of nitro groups is 1. The molecule has 1 unspecified atom stereocenters. The minimum absolute atomic E-state index is 0.0261. The van der Waals surface area contributed by atoms with E-state index in [1.165, 1.54) is 7.11 Å². The summed E-state index contributed by atoms with van der Waals surface area (Å²) in [6.07, 6.45) is 0.999. The highest BCUT2D eigenvalue weighted by atomic mass is 19.1. The molecule has 0 bridgehead atoms. The molecule has 0 saturated carbocycles. The lowest BCUT2D eigenvalue weighted by Gasteiger charge is -2.17. The highest BCUT2D eigenvalue weighted by Gasteiger charge is 2.24. The lowest BCUT2D eigenvalue weighted by molar-refractivity contribution is -0.388. The van der Waals surface area contributed by atoms with Gasteiger partial charge in [-0.25, -0.2) is 4.39 Å². The van der Waals surface area contributed by atoms with Crippen LogP contribution in [-0.4, -0.2) is 31.2 Å². The largest absolute Gasteiger partial charge is 0.383 e. The number of nitrogens with zero attached hydrogens (tertiary/aromatic N) is 1. The molecule has 1 aromatic rings. The van der Waals surface area contributed by atoms with Gasteiger partial charge in [0.2, 0.25) is 5.82 Å². The predicted molar refractivity (Wildman–Crippen MR) is 70.7 cm³/mol. The topological polar surface area (TPSA) is 64.4 Å². The first-order valence-electron chi connectivity index (χ1n) is 6.34. The third-order valence-corrected chi connectivity index (χ3v) is 2.81. The van der Waals surface area contributed by atoms with Crippen LogP contribution in [0.1, 0.15) is 18.9 Å². The zero-order valence-electron chi connectivity index (χ0n) is 11.5. The van der Waals surface area contributed by atoms with Crippen LogP contribution in [0.3, 0.4) is 0 Å². The van der Waals surface area contributed by atoms with Crippen molar-refractivity contribution in [2.45, 2.75) is 25.8 Å². The van der Waals surface area contributed by atoms with Crippen LogP contribution in [-0.2, 0) is 11.2 Å². The molecular weight excluding hydrogens is 270 g/mol. The third kappa shape index (κ3) is 4.50. The van der Waals surface area contributed by atoms with Gasteiger partial charge in [0.05, 0.1) is 11.5 Å². The number of hydrogen-bond acceptors (Lipinski definition) is 4. The fourth-order valence-corrected chi connectivity index (χ4v) is 1.98. The molecule has 0 amide bonds. The van der Waals surface area contributed by atoms with E-state index in [4.69, 9.17) is 4.74 Å². The van der Waals surface area contributed by atoms with Gasteiger partial charge in [-0.1, -0.05) is 6.92 Å². The van der Waals surface area contributed by atoms with E-state index in [0.717, 1.165) is 12.5 Å². The fourth-order valence-electron chi connectivity index (χ4n) is 1.98. The molecule has 20 heavy (non-hydrogen) atoms. The summed E-state index contributed by atoms with van der Waals surface area (Å²) in [5.74, 6) is -1.98. The predicted octanol–water partition coefficient (Wildman–Crippen LogP) is 2.43. The Morgan fingerprint density at radius 3 is 2.70 bits per heavy atom. The first kappa shape index (κ1) is 16.5. The molecule has 0 spiro atoms. The molecule has 7 heteroatoms. The number of methoxy groups -OCH3 is 1. The smallest absolute Gasteiger partial charge is 0.308 e. The summed E-state index contributed by atoms with van der Waals surface area (Å²) in [5, 5.41) is 14.0. The van der Waals surface area contributed by atoms with Crippen molar-refractivity contribution in [2.24, 2.45) is 0 Å². The molecule has 0 saturated heterocycles. The Kier molecular flexibility index (Phi) is 6.47. The lowest BCUT2D eigenvalue weighted by Crippen LogP contribution is -2.36. The van der Waals surface area contributed by atoms with Gasteiger partial charge >= 0.3 is 5.69 Å². The minimum Gasteiger partial charge on any atom is -0.383 e. The van der Waals surface area contributed by atoms with Crippen LogP contribution in [0, 0.1) is 21.7 Å². The molecule has 0 aliphatic rings. The van der Waals surface area contributed by atoms with E-state index in [1.54, 1.807) is 0 Å². The molecule has 5 nitrogen and oxygen atoms in total. The number of nitrogens with one attached hydrogen (secondary N) is 1. The molecule has 0 fully saturated rings. The van der Waals surface area contributed by atoms with Crippen molar-refractivity contribution in [3.8, 4) is 0 Å². The van der Waals surface area contributed by atoms with Crippen molar-refractivity contribution in [3.63, 3.8) is 0 Å². The van der Waals surface area contributed by atoms with E-state index in [2.05, 4.69) is 5.32 Å². The van der Waals surface area contributed by atoms with E-state index in [1.807, 2.05) is 6.92 Å². The van der Waals surface area contributed by atoms with Crippen molar-refractivity contribution >= 4 is 5.69 Å². The number of ether oxygens (including phenoxy) is 1. The van der Waals surface area contributed by atoms with Crippen LogP contribution in [0.2, 0.25) is 0 Å². The maximum atomic E-state index is 13.5. The maximum absolute atomic E-state index is 13.5. The van der Waals surface area contributed by atoms with Crippen molar-refractivity contribution in [3.05, 3.63) is 39.4 Å². The molecule has 1 atom stereocenters. The monoisotopic (exact) mass is 288 g/mol. The number of nitro benzene ring substituents is 1. The lowest BCUT2D eigenvalue weighted by atomic mass is 10.0. The molecule has 0 aliphatic heterocycles. The van der Waals surface area contributed by atoms with E-state index >= 15 is 0 Å². The van der Waals surface area contributed by atoms with Gasteiger partial charge in [-0.2, -0.15) is 4.39 Å². The Hall–Kier alpha value is -1.60. The summed E-state index contributed by atoms with van der Waals surface area (Å²) in [6.45, 7) is 2.97. The first-order valence-corrected chi connectivity index (χ1v) is 6.34. The second-order valence-electron chi connectivity index (χ2n) is 4.46. The molecule has 0 heterocycles. The standard InChI is InChI=1S/C13H18F2N2O3/c1-3-4-16-11(8-20-2)6-9-5-10(14)7-12(15)13(9)17(18)19/h5,7,11,16H,3-4,6,8H2,1-2H3. The highest BCUT2D eigenvalue weighted by Crippen LogP contribution is 2.25. The maximum Gasteiger partial charge on any atom is 0.308 e. The van der Waals surface area contributed by atoms with Gasteiger partial charge in [-0.05, 0) is 25.5 Å². The summed E-state index contributed by atoms with van der Waals surface area (Å²) < 4.78 is 31.8. The molecule has 112 valence electrons. The van der Waals surface area contributed by atoms with Crippen molar-refractivity contribution < 1.29 is 18.4 Å². The first-order chi connectivity index (χ1) is 9.49. The van der Waals surface area contributed by atoms with E-state index in [0.29, 0.717) is 19.2 Å². The molecule has 0 aromatic heterocycles. The van der Waals surface area contributed by atoms with Crippen molar-refractivity contribution in [1.82, 2.24) is 5.32 Å². The Morgan fingerprint density at radius 2 is 2.15 bits per heavy atom. The Bertz CT molecular complexity index is 469. The molecular formula is C13H18F2N2O3. The zero-order valence-corrected chi connectivity index (χ0v) is 11.5. The zero-order chi connectivity index (χ0) is 15.1. The molecule has 1 rings (SSSR count). The second-order valence-corrected chi connectivity index (χ2v) is 4.46. The molecule has 0 aliphatic carbocycles. The SMILES string of the molecule is CCCNC(COC)Cc1cc(F)cc(F)c1[N+](=O)[O-]. The van der Waals surface area contributed by atoms with Crippen LogP contribution in [0.5, 0.6) is 0 Å². The average Bonchev–Trinajstić information content (AvgIpc) is 2.34. The average molecular weight is 288 g/mol. The van der Waals surface area contributed by atoms with Gasteiger partial charge < -0.3 is 10.1 Å². The number of benzene rings is 1. The second kappa shape index (κ2) is 7.86. The highest BCUT2D eigenvalue weighted by molar-refractivity contribution is 5.42. The minimum atomic E-state index is -1.16. The van der Waals surface area contributed by atoms with Crippen LogP contribution in [0.15, 0.2) is 12.1 Å². The normalized spacial score (nSPS) is 12.4. The van der Waals surface area contributed by atoms with Crippen molar-refractivity contribution in [1.29, 1.82) is 0 Å². The van der Waals surface area contributed by atoms with Crippen LogP contribution in [0.25, 0.3) is 0 Å². The van der Waals surface area contributed by atoms with Gasteiger partial charge in [-0.3, -0.25) is 10.1 Å². The van der Waals surface area contributed by atoms with Gasteiger partial charge in [0.25, 0.3) is 0 Å². The third-order valence-electron chi connectivity index (χ3n) is 2.81. The summed E-state index contributed by atoms with van der Waals surface area (Å²) in [5.41, 5.74) is -0.649. The number of hydrogen-bond donors (Lipinski definition) is 1. The summed E-state index contributed by atoms with van der Waals surface area (Å²) in [7, 11) is 1.50. The van der Waals surface area contributed by atoms with Gasteiger partial charge in [0.1, 0.15) is 5.82 Å². The molecule has 1 N–H and O–H groups in total. The van der Waals surface area contributed by atoms with E-state index in [-0.39, 0.29) is 18.0 Å². The molecule has 1 aromatic carbocycles. The van der Waals surface area contributed by atoms with Crippen LogP contribution < -0.4 is 5.32 Å². The van der Waals surface area contributed by atoms with Crippen molar-refractivity contribution in [2.75, 3.05) is 20.3 Å². The summed E-state index contributed by atoms with van der Waals surface area (Å²) in [6, 6.07) is 1.28. The van der Waals surface area contributed by atoms with E-state index in [9.17, 15) is 18.9 Å². The van der Waals surface area contributed by atoms with Gasteiger partial charge in [0, 0.05) is 24.8 Å². The quantitative estimate of drug-likeness (QED) is 0.589. The fraction of sp³-hybridized carbons (Fsp3) is 0.538. The number of rotatable bonds is 8. The van der Waals surface area contributed by atoms with Crippen LogP contribution >= 0.6 is 0 Å². The summed E-state index contributed by atoms with van der Waals surface area (Å²) >= 11 is 0. The summed E-state index contributed by atoms with van der Waals surface area (Å²) in [4.78, 5) is 10.1. The van der Waals surface area contributed by atoms with Gasteiger partial charge in [0.15, 0.2) is 0 Å². The Morgan fingerprint density at radius 1 is 1.45 bits per heavy atom. The van der Waals surface area contributed by atoms with E-state index < -0.39 is 22.2 Å². The number of halogens is 2. The molecule has 0 radical (unpaired) electrons. The Balaban J connectivity index is 3.01. The van der Waals surface area contributed by atoms with Gasteiger partial charge in [-0.15, -0.1) is 0 Å². The van der Waals surface area contributed by atoms with Crippen LogP contribution in [0.4, 0.5) is 14.5 Å².